The van der Waals surface area contributed by atoms with Crippen LogP contribution in [0.15, 0.2) is 82.2 Å². The molecular formula is C21H16BrN2O5S-. The standard InChI is InChI=1S/C21H17BrN2O5S/c22-18-11-10-15(12-17(18)21(26)27)30(28,29)24-19-9-5-4-8-16(19)20(25)23-13-14-6-2-1-3-7-14/h1-12,24H,13H2,(H,23,25)(H,26,27)/p-1. The van der Waals surface area contributed by atoms with E-state index in [1.165, 1.54) is 24.3 Å². The lowest BCUT2D eigenvalue weighted by Gasteiger charge is -2.14. The third-order valence-electron chi connectivity index (χ3n) is 4.18. The van der Waals surface area contributed by atoms with Crippen LogP contribution in [0.4, 0.5) is 5.69 Å². The second-order valence-electron chi connectivity index (χ2n) is 6.25. The number of amides is 1. The number of carbonyl (C=O) groups is 2. The molecule has 154 valence electrons. The van der Waals surface area contributed by atoms with Gasteiger partial charge in [0.05, 0.1) is 22.1 Å². The van der Waals surface area contributed by atoms with Crippen LogP contribution >= 0.6 is 15.9 Å². The van der Waals surface area contributed by atoms with Crippen molar-refractivity contribution in [2.75, 3.05) is 4.72 Å². The minimum Gasteiger partial charge on any atom is -0.545 e. The van der Waals surface area contributed by atoms with Crippen LogP contribution in [0, 0.1) is 0 Å². The molecule has 0 aromatic heterocycles. The molecule has 0 saturated heterocycles. The predicted octanol–water partition coefficient (Wildman–Crippen LogP) is 2.54. The summed E-state index contributed by atoms with van der Waals surface area (Å²) in [7, 11) is -4.15. The van der Waals surface area contributed by atoms with Crippen LogP contribution in [0.5, 0.6) is 0 Å². The molecule has 2 N–H and O–H groups in total. The van der Waals surface area contributed by atoms with Gasteiger partial charge in [-0.1, -0.05) is 58.4 Å². The van der Waals surface area contributed by atoms with Crippen LogP contribution in [-0.2, 0) is 16.6 Å². The van der Waals surface area contributed by atoms with E-state index >= 15 is 0 Å². The third-order valence-corrected chi connectivity index (χ3v) is 6.23. The normalized spacial score (nSPS) is 11.0. The quantitative estimate of drug-likeness (QED) is 0.531. The summed E-state index contributed by atoms with van der Waals surface area (Å²) in [5.41, 5.74) is 0.801. The van der Waals surface area contributed by atoms with Crippen molar-refractivity contribution in [3.8, 4) is 0 Å². The molecule has 9 heteroatoms. The van der Waals surface area contributed by atoms with Crippen molar-refractivity contribution in [3.05, 3.63) is 94.0 Å². The number of sulfonamides is 1. The van der Waals surface area contributed by atoms with Crippen molar-refractivity contribution in [1.82, 2.24) is 5.32 Å². The highest BCUT2D eigenvalue weighted by molar-refractivity contribution is 9.10. The highest BCUT2D eigenvalue weighted by Gasteiger charge is 2.20. The zero-order chi connectivity index (χ0) is 21.7. The van der Waals surface area contributed by atoms with Crippen LogP contribution in [0.3, 0.4) is 0 Å². The molecule has 0 saturated carbocycles. The van der Waals surface area contributed by atoms with Gasteiger partial charge in [-0.05, 0) is 35.9 Å². The van der Waals surface area contributed by atoms with E-state index in [0.717, 1.165) is 11.6 Å². The Morgan fingerprint density at radius 1 is 0.900 bits per heavy atom. The number of rotatable bonds is 7. The molecule has 0 fully saturated rings. The Labute approximate surface area is 181 Å². The first-order valence-corrected chi connectivity index (χ1v) is 11.0. The van der Waals surface area contributed by atoms with Gasteiger partial charge in [-0.3, -0.25) is 9.52 Å². The van der Waals surface area contributed by atoms with Crippen LogP contribution < -0.4 is 15.1 Å². The molecule has 0 aliphatic heterocycles. The number of anilines is 1. The summed E-state index contributed by atoms with van der Waals surface area (Å²) >= 11 is 3.04. The number of carboxylic acids is 1. The van der Waals surface area contributed by atoms with E-state index in [2.05, 4.69) is 26.0 Å². The van der Waals surface area contributed by atoms with Gasteiger partial charge < -0.3 is 15.2 Å². The van der Waals surface area contributed by atoms with Crippen molar-refractivity contribution >= 4 is 43.5 Å². The van der Waals surface area contributed by atoms with Gasteiger partial charge in [0.2, 0.25) is 0 Å². The van der Waals surface area contributed by atoms with Gasteiger partial charge in [0.1, 0.15) is 0 Å². The number of halogens is 1. The zero-order valence-electron chi connectivity index (χ0n) is 15.5. The van der Waals surface area contributed by atoms with Crippen molar-refractivity contribution in [2.24, 2.45) is 0 Å². The van der Waals surface area contributed by atoms with E-state index in [-0.39, 0.29) is 32.7 Å². The maximum atomic E-state index is 12.8. The number of nitrogens with one attached hydrogen (secondary N) is 2. The summed E-state index contributed by atoms with van der Waals surface area (Å²) in [5.74, 6) is -1.97. The first-order chi connectivity index (χ1) is 14.3. The SMILES string of the molecule is O=C([O-])c1cc(S(=O)(=O)Nc2ccccc2C(=O)NCc2ccccc2)ccc1Br. The second-order valence-corrected chi connectivity index (χ2v) is 8.79. The predicted molar refractivity (Wildman–Crippen MR) is 113 cm³/mol. The second kappa shape index (κ2) is 9.10. The highest BCUT2D eigenvalue weighted by atomic mass is 79.9. The summed E-state index contributed by atoms with van der Waals surface area (Å²) in [5, 5.41) is 13.9. The molecule has 0 unspecified atom stereocenters. The van der Waals surface area contributed by atoms with Crippen LogP contribution in [0.25, 0.3) is 0 Å². The average Bonchev–Trinajstić information content (AvgIpc) is 2.73. The van der Waals surface area contributed by atoms with Crippen molar-refractivity contribution < 1.29 is 23.1 Å². The van der Waals surface area contributed by atoms with E-state index in [0.29, 0.717) is 0 Å². The Morgan fingerprint density at radius 2 is 1.57 bits per heavy atom. The minimum absolute atomic E-state index is 0.0704. The Hall–Kier alpha value is -3.17. The molecule has 30 heavy (non-hydrogen) atoms. The lowest BCUT2D eigenvalue weighted by molar-refractivity contribution is -0.255. The van der Waals surface area contributed by atoms with Gasteiger partial charge in [0, 0.05) is 16.6 Å². The summed E-state index contributed by atoms with van der Waals surface area (Å²) in [6, 6.07) is 19.0. The molecule has 3 aromatic carbocycles. The molecule has 0 aliphatic rings. The molecule has 1 amide bonds. The van der Waals surface area contributed by atoms with Crippen LogP contribution in [-0.4, -0.2) is 20.3 Å². The van der Waals surface area contributed by atoms with Gasteiger partial charge in [-0.15, -0.1) is 0 Å². The van der Waals surface area contributed by atoms with Gasteiger partial charge in [0.25, 0.3) is 15.9 Å². The summed E-state index contributed by atoms with van der Waals surface area (Å²) in [6.07, 6.45) is 0. The highest BCUT2D eigenvalue weighted by Crippen LogP contribution is 2.24. The summed E-state index contributed by atoms with van der Waals surface area (Å²) in [4.78, 5) is 23.5. The van der Waals surface area contributed by atoms with E-state index in [4.69, 9.17) is 0 Å². The Bertz CT molecular complexity index is 1200. The van der Waals surface area contributed by atoms with Crippen molar-refractivity contribution in [1.29, 1.82) is 0 Å². The molecule has 0 radical (unpaired) electrons. The molecular weight excluding hydrogens is 472 g/mol. The lowest BCUT2D eigenvalue weighted by Crippen LogP contribution is -2.25. The zero-order valence-corrected chi connectivity index (χ0v) is 17.9. The number of aromatic carboxylic acids is 1. The molecule has 0 heterocycles. The summed E-state index contributed by atoms with van der Waals surface area (Å²) < 4.78 is 28.1. The summed E-state index contributed by atoms with van der Waals surface area (Å²) in [6.45, 7) is 0.280. The van der Waals surface area contributed by atoms with Crippen LogP contribution in [0.1, 0.15) is 26.3 Å². The maximum absolute atomic E-state index is 12.8. The van der Waals surface area contributed by atoms with Gasteiger partial charge in [0.15, 0.2) is 0 Å². The number of para-hydroxylation sites is 1. The smallest absolute Gasteiger partial charge is 0.261 e. The van der Waals surface area contributed by atoms with E-state index in [1.807, 2.05) is 30.3 Å². The van der Waals surface area contributed by atoms with E-state index in [1.54, 1.807) is 12.1 Å². The van der Waals surface area contributed by atoms with Crippen molar-refractivity contribution in [3.63, 3.8) is 0 Å². The molecule has 0 spiro atoms. The first kappa shape index (κ1) is 21.5. The minimum atomic E-state index is -4.15. The number of carboxylic acid groups (broad SMARTS) is 1. The fraction of sp³-hybridized carbons (Fsp3) is 0.0476. The lowest BCUT2D eigenvalue weighted by atomic mass is 10.1. The number of benzene rings is 3. The molecule has 7 nitrogen and oxygen atoms in total. The topological polar surface area (TPSA) is 115 Å². The Balaban J connectivity index is 1.84. The fourth-order valence-electron chi connectivity index (χ4n) is 2.68. The monoisotopic (exact) mass is 487 g/mol. The fourth-order valence-corrected chi connectivity index (χ4v) is 4.19. The van der Waals surface area contributed by atoms with Crippen LogP contribution in [0.2, 0.25) is 0 Å². The largest absolute Gasteiger partial charge is 0.545 e. The molecule has 0 bridgehead atoms. The van der Waals surface area contributed by atoms with Gasteiger partial charge in [-0.2, -0.15) is 0 Å². The average molecular weight is 488 g/mol. The van der Waals surface area contributed by atoms with Crippen molar-refractivity contribution in [2.45, 2.75) is 11.4 Å². The number of carbonyl (C=O) groups excluding carboxylic acids is 2. The third kappa shape index (κ3) is 5.05. The Kier molecular flexibility index (Phi) is 6.53. The molecule has 3 rings (SSSR count). The van der Waals surface area contributed by atoms with Gasteiger partial charge in [-0.25, -0.2) is 8.42 Å². The van der Waals surface area contributed by atoms with E-state index < -0.39 is 21.9 Å². The molecule has 0 aliphatic carbocycles. The Morgan fingerprint density at radius 3 is 2.27 bits per heavy atom. The molecule has 0 atom stereocenters. The maximum Gasteiger partial charge on any atom is 0.261 e. The van der Waals surface area contributed by atoms with E-state index in [9.17, 15) is 23.1 Å². The van der Waals surface area contributed by atoms with Gasteiger partial charge >= 0.3 is 0 Å². The number of hydrogen-bond donors (Lipinski definition) is 2. The molecule has 3 aromatic rings. The first-order valence-electron chi connectivity index (χ1n) is 8.73. The number of hydrogen-bond acceptors (Lipinski definition) is 5.